The van der Waals surface area contributed by atoms with Crippen LogP contribution < -0.4 is 4.72 Å². The van der Waals surface area contributed by atoms with Crippen LogP contribution in [0.2, 0.25) is 0 Å². The molecule has 2 rings (SSSR count). The van der Waals surface area contributed by atoms with Gasteiger partial charge in [-0.1, -0.05) is 20.8 Å². The first-order chi connectivity index (χ1) is 11.3. The Hall–Kier alpha value is -0.920. The monoisotopic (exact) mass is 356 g/mol. The zero-order valence-electron chi connectivity index (χ0n) is 15.7. The van der Waals surface area contributed by atoms with Gasteiger partial charge in [0.05, 0.1) is 11.4 Å². The summed E-state index contributed by atoms with van der Waals surface area (Å²) >= 11 is 0. The van der Waals surface area contributed by atoms with Gasteiger partial charge in [0.25, 0.3) is 0 Å². The minimum Gasteiger partial charge on any atom is -0.301 e. The number of aryl methyl sites for hydroxylation is 2. The van der Waals surface area contributed by atoms with E-state index in [4.69, 9.17) is 0 Å². The van der Waals surface area contributed by atoms with Crippen LogP contribution in [0.3, 0.4) is 0 Å². The van der Waals surface area contributed by atoms with E-state index in [1.807, 2.05) is 27.8 Å². The van der Waals surface area contributed by atoms with Crippen molar-refractivity contribution in [2.45, 2.75) is 64.3 Å². The number of nitrogens with one attached hydrogen (secondary N) is 1. The van der Waals surface area contributed by atoms with Crippen LogP contribution in [0.25, 0.3) is 0 Å². The lowest BCUT2D eigenvalue weighted by atomic mass is 10.00. The second kappa shape index (κ2) is 7.97. The van der Waals surface area contributed by atoms with Crippen molar-refractivity contribution >= 4 is 10.0 Å². The highest BCUT2D eigenvalue weighted by Gasteiger charge is 2.28. The predicted molar refractivity (Wildman–Crippen MR) is 96.6 cm³/mol. The van der Waals surface area contributed by atoms with Gasteiger partial charge in [0.1, 0.15) is 4.90 Å². The molecule has 1 aliphatic rings. The predicted octanol–water partition coefficient (Wildman–Crippen LogP) is 1.94. The number of rotatable bonds is 7. The van der Waals surface area contributed by atoms with Crippen LogP contribution in [0.4, 0.5) is 0 Å². The third kappa shape index (κ3) is 4.37. The molecule has 138 valence electrons. The van der Waals surface area contributed by atoms with Crippen LogP contribution in [-0.2, 0) is 29.9 Å². The molecule has 0 amide bonds. The highest BCUT2D eigenvalue weighted by molar-refractivity contribution is 7.89. The summed E-state index contributed by atoms with van der Waals surface area (Å²) in [5.74, 6) is 0.694. The molecule has 0 saturated carbocycles. The lowest BCUT2D eigenvalue weighted by molar-refractivity contribution is 0.174. The number of piperidine rings is 1. The zero-order valence-corrected chi connectivity index (χ0v) is 16.5. The lowest BCUT2D eigenvalue weighted by Gasteiger charge is -2.32. The standard InChI is InChI=1S/C17H32N4O2S/c1-6-15-17(16(7-2)20(5)18-15)24(22,23)19-14(4)12-21-10-8-9-13(3)11-21/h13-14,19H,6-12H2,1-5H3. The topological polar surface area (TPSA) is 67.2 Å². The Morgan fingerprint density at radius 1 is 1.33 bits per heavy atom. The van der Waals surface area contributed by atoms with Crippen LogP contribution in [0.1, 0.15) is 51.9 Å². The number of hydrogen-bond donors (Lipinski definition) is 1. The molecule has 24 heavy (non-hydrogen) atoms. The molecule has 1 N–H and O–H groups in total. The minimum atomic E-state index is -3.55. The van der Waals surface area contributed by atoms with Crippen molar-refractivity contribution in [2.75, 3.05) is 19.6 Å². The summed E-state index contributed by atoms with van der Waals surface area (Å²) in [5.41, 5.74) is 1.43. The number of likely N-dealkylation sites (tertiary alicyclic amines) is 1. The fourth-order valence-corrected chi connectivity index (χ4v) is 5.54. The van der Waals surface area contributed by atoms with Gasteiger partial charge in [-0.3, -0.25) is 4.68 Å². The quantitative estimate of drug-likeness (QED) is 0.811. The fourth-order valence-electron chi connectivity index (χ4n) is 3.73. The normalized spacial score (nSPS) is 21.1. The van der Waals surface area contributed by atoms with Gasteiger partial charge in [-0.15, -0.1) is 0 Å². The van der Waals surface area contributed by atoms with Gasteiger partial charge in [-0.25, -0.2) is 13.1 Å². The van der Waals surface area contributed by atoms with E-state index in [9.17, 15) is 8.42 Å². The van der Waals surface area contributed by atoms with E-state index in [1.165, 1.54) is 12.8 Å². The SMILES string of the molecule is CCc1nn(C)c(CC)c1S(=O)(=O)NC(C)CN1CCCC(C)C1. The molecule has 0 bridgehead atoms. The summed E-state index contributed by atoms with van der Waals surface area (Å²) in [6.07, 6.45) is 3.73. The smallest absolute Gasteiger partial charge is 0.244 e. The van der Waals surface area contributed by atoms with Gasteiger partial charge in [-0.05, 0) is 45.1 Å². The number of hydrogen-bond acceptors (Lipinski definition) is 4. The van der Waals surface area contributed by atoms with Crippen LogP contribution in [0.5, 0.6) is 0 Å². The van der Waals surface area contributed by atoms with E-state index in [1.54, 1.807) is 4.68 Å². The molecule has 0 spiro atoms. The average molecular weight is 357 g/mol. The second-order valence-electron chi connectivity index (χ2n) is 7.08. The van der Waals surface area contributed by atoms with Crippen LogP contribution >= 0.6 is 0 Å². The maximum atomic E-state index is 12.9. The minimum absolute atomic E-state index is 0.116. The molecule has 2 unspecified atom stereocenters. The number of aromatic nitrogens is 2. The van der Waals surface area contributed by atoms with Crippen LogP contribution in [0, 0.1) is 5.92 Å². The van der Waals surface area contributed by atoms with Crippen molar-refractivity contribution in [2.24, 2.45) is 13.0 Å². The maximum Gasteiger partial charge on any atom is 0.244 e. The third-order valence-corrected chi connectivity index (χ3v) is 6.47. The van der Waals surface area contributed by atoms with Crippen molar-refractivity contribution in [3.63, 3.8) is 0 Å². The van der Waals surface area contributed by atoms with Crippen molar-refractivity contribution in [1.29, 1.82) is 0 Å². The average Bonchev–Trinajstić information content (AvgIpc) is 2.83. The van der Waals surface area contributed by atoms with E-state index in [0.29, 0.717) is 29.3 Å². The van der Waals surface area contributed by atoms with Gasteiger partial charge < -0.3 is 4.90 Å². The van der Waals surface area contributed by atoms with Crippen LogP contribution in [0.15, 0.2) is 4.90 Å². The first-order valence-corrected chi connectivity index (χ1v) is 10.6. The molecule has 1 aliphatic heterocycles. The Morgan fingerprint density at radius 2 is 2.04 bits per heavy atom. The summed E-state index contributed by atoms with van der Waals surface area (Å²) in [6, 6.07) is -0.116. The molecule has 6 nitrogen and oxygen atoms in total. The molecule has 1 fully saturated rings. The molecular formula is C17H32N4O2S. The van der Waals surface area contributed by atoms with E-state index < -0.39 is 10.0 Å². The maximum absolute atomic E-state index is 12.9. The van der Waals surface area contributed by atoms with E-state index in [2.05, 4.69) is 21.6 Å². The zero-order chi connectivity index (χ0) is 17.9. The highest BCUT2D eigenvalue weighted by Crippen LogP contribution is 2.22. The molecule has 2 heterocycles. The van der Waals surface area contributed by atoms with Crippen molar-refractivity contribution in [3.05, 3.63) is 11.4 Å². The second-order valence-corrected chi connectivity index (χ2v) is 8.73. The summed E-state index contributed by atoms with van der Waals surface area (Å²) in [4.78, 5) is 2.75. The van der Waals surface area contributed by atoms with Crippen LogP contribution in [-0.4, -0.2) is 48.8 Å². The Morgan fingerprint density at radius 3 is 2.62 bits per heavy atom. The Bertz CT molecular complexity index is 654. The lowest BCUT2D eigenvalue weighted by Crippen LogP contribution is -2.45. The van der Waals surface area contributed by atoms with Gasteiger partial charge in [0, 0.05) is 26.2 Å². The van der Waals surface area contributed by atoms with Gasteiger partial charge in [0.2, 0.25) is 10.0 Å². The van der Waals surface area contributed by atoms with Gasteiger partial charge >= 0.3 is 0 Å². The summed E-state index contributed by atoms with van der Waals surface area (Å²) < 4.78 is 30.5. The summed E-state index contributed by atoms with van der Waals surface area (Å²) in [7, 11) is -1.73. The summed E-state index contributed by atoms with van der Waals surface area (Å²) in [6.45, 7) is 11.0. The van der Waals surface area contributed by atoms with Crippen molar-refractivity contribution < 1.29 is 8.42 Å². The Balaban J connectivity index is 2.13. The number of sulfonamides is 1. The van der Waals surface area contributed by atoms with Gasteiger partial charge in [0.15, 0.2) is 0 Å². The molecular weight excluding hydrogens is 324 g/mol. The van der Waals surface area contributed by atoms with E-state index >= 15 is 0 Å². The highest BCUT2D eigenvalue weighted by atomic mass is 32.2. The first kappa shape index (κ1) is 19.4. The molecule has 1 aromatic rings. The summed E-state index contributed by atoms with van der Waals surface area (Å²) in [5, 5.41) is 4.39. The molecule has 0 aromatic carbocycles. The molecule has 7 heteroatoms. The molecule has 2 atom stereocenters. The first-order valence-electron chi connectivity index (χ1n) is 9.07. The largest absolute Gasteiger partial charge is 0.301 e. The van der Waals surface area contributed by atoms with Crippen molar-refractivity contribution in [1.82, 2.24) is 19.4 Å². The Labute approximate surface area is 146 Å². The molecule has 1 saturated heterocycles. The molecule has 0 aliphatic carbocycles. The van der Waals surface area contributed by atoms with E-state index in [-0.39, 0.29) is 6.04 Å². The Kier molecular flexibility index (Phi) is 6.45. The van der Waals surface area contributed by atoms with Crippen molar-refractivity contribution in [3.8, 4) is 0 Å². The molecule has 1 aromatic heterocycles. The molecule has 0 radical (unpaired) electrons. The third-order valence-electron chi connectivity index (χ3n) is 4.75. The number of nitrogens with zero attached hydrogens (tertiary/aromatic N) is 3. The van der Waals surface area contributed by atoms with Gasteiger partial charge in [-0.2, -0.15) is 5.10 Å². The van der Waals surface area contributed by atoms with E-state index in [0.717, 1.165) is 25.3 Å². The fraction of sp³-hybridized carbons (Fsp3) is 0.824.